The van der Waals surface area contributed by atoms with Crippen LogP contribution in [0.4, 0.5) is 0 Å². The van der Waals surface area contributed by atoms with Gasteiger partial charge in [-0.25, -0.2) is 0 Å². The fourth-order valence-corrected chi connectivity index (χ4v) is 2.76. The van der Waals surface area contributed by atoms with Crippen LogP contribution in [0.5, 0.6) is 0 Å². The van der Waals surface area contributed by atoms with Crippen LogP contribution < -0.4 is 0 Å². The molecule has 1 fully saturated rings. The minimum absolute atomic E-state index is 0.965. The Morgan fingerprint density at radius 1 is 1.19 bits per heavy atom. The third-order valence-electron chi connectivity index (χ3n) is 3.84. The Kier molecular flexibility index (Phi) is 6.79. The van der Waals surface area contributed by atoms with E-state index in [2.05, 4.69) is 25.3 Å². The van der Waals surface area contributed by atoms with E-state index in [1.54, 1.807) is 0 Å². The molecule has 0 aromatic heterocycles. The maximum atomic E-state index is 3.82. The quantitative estimate of drug-likeness (QED) is 0.587. The standard InChI is InChI=1S/C15H29N/c1-4-6-12-16(11-5-2)13-15-9-7-14(3)8-10-15/h4,14-15H,1,5-13H2,2-3H3. The second-order valence-electron chi connectivity index (χ2n) is 5.50. The van der Waals surface area contributed by atoms with E-state index in [-0.39, 0.29) is 0 Å². The zero-order valence-corrected chi connectivity index (χ0v) is 11.3. The van der Waals surface area contributed by atoms with Gasteiger partial charge in [0.15, 0.2) is 0 Å². The Morgan fingerprint density at radius 2 is 1.88 bits per heavy atom. The lowest BCUT2D eigenvalue weighted by Gasteiger charge is -2.31. The van der Waals surface area contributed by atoms with Crippen LogP contribution in [0.3, 0.4) is 0 Å². The minimum Gasteiger partial charge on any atom is -0.303 e. The van der Waals surface area contributed by atoms with Crippen molar-refractivity contribution in [2.45, 2.75) is 52.4 Å². The van der Waals surface area contributed by atoms with Crippen LogP contribution in [0, 0.1) is 11.8 Å². The summed E-state index contributed by atoms with van der Waals surface area (Å²) in [5, 5.41) is 0. The molecular weight excluding hydrogens is 194 g/mol. The second kappa shape index (κ2) is 7.89. The molecule has 0 heterocycles. The van der Waals surface area contributed by atoms with Crippen molar-refractivity contribution < 1.29 is 0 Å². The highest BCUT2D eigenvalue weighted by Crippen LogP contribution is 2.28. The molecule has 94 valence electrons. The minimum atomic E-state index is 0.965. The summed E-state index contributed by atoms with van der Waals surface area (Å²) in [6.07, 6.45) is 10.3. The Balaban J connectivity index is 2.26. The lowest BCUT2D eigenvalue weighted by atomic mass is 9.83. The van der Waals surface area contributed by atoms with Gasteiger partial charge in [0, 0.05) is 13.1 Å². The van der Waals surface area contributed by atoms with Crippen LogP contribution in [0.1, 0.15) is 52.4 Å². The molecule has 0 amide bonds. The molecule has 0 unspecified atom stereocenters. The first-order valence-electron chi connectivity index (χ1n) is 7.09. The highest BCUT2D eigenvalue weighted by atomic mass is 15.1. The molecule has 1 aliphatic carbocycles. The lowest BCUT2D eigenvalue weighted by molar-refractivity contribution is 0.186. The summed E-state index contributed by atoms with van der Waals surface area (Å²) in [7, 11) is 0. The van der Waals surface area contributed by atoms with Crippen LogP contribution in [0.2, 0.25) is 0 Å². The Hall–Kier alpha value is -0.300. The lowest BCUT2D eigenvalue weighted by Crippen LogP contribution is -2.32. The zero-order chi connectivity index (χ0) is 11.8. The third-order valence-corrected chi connectivity index (χ3v) is 3.84. The van der Waals surface area contributed by atoms with E-state index < -0.39 is 0 Å². The highest BCUT2D eigenvalue weighted by Gasteiger charge is 2.19. The van der Waals surface area contributed by atoms with E-state index in [9.17, 15) is 0 Å². The van der Waals surface area contributed by atoms with Gasteiger partial charge in [-0.3, -0.25) is 0 Å². The van der Waals surface area contributed by atoms with Gasteiger partial charge in [-0.15, -0.1) is 6.58 Å². The molecule has 0 radical (unpaired) electrons. The Bertz CT molecular complexity index is 180. The molecular formula is C15H29N. The highest BCUT2D eigenvalue weighted by molar-refractivity contribution is 4.75. The van der Waals surface area contributed by atoms with Crippen molar-refractivity contribution in [3.05, 3.63) is 12.7 Å². The SMILES string of the molecule is C=CCCN(CCC)CC1CCC(C)CC1. The first kappa shape index (κ1) is 13.8. The van der Waals surface area contributed by atoms with Crippen LogP contribution in [-0.4, -0.2) is 24.5 Å². The fourth-order valence-electron chi connectivity index (χ4n) is 2.76. The Morgan fingerprint density at radius 3 is 2.44 bits per heavy atom. The number of hydrogen-bond acceptors (Lipinski definition) is 1. The number of nitrogens with zero attached hydrogens (tertiary/aromatic N) is 1. The van der Waals surface area contributed by atoms with Gasteiger partial charge in [0.05, 0.1) is 0 Å². The molecule has 0 saturated heterocycles. The van der Waals surface area contributed by atoms with Gasteiger partial charge >= 0.3 is 0 Å². The van der Waals surface area contributed by atoms with Crippen LogP contribution >= 0.6 is 0 Å². The predicted molar refractivity (Wildman–Crippen MR) is 72.7 cm³/mol. The molecule has 0 aromatic carbocycles. The molecule has 1 saturated carbocycles. The average Bonchev–Trinajstić information content (AvgIpc) is 2.29. The van der Waals surface area contributed by atoms with E-state index in [4.69, 9.17) is 0 Å². The monoisotopic (exact) mass is 223 g/mol. The fraction of sp³-hybridized carbons (Fsp3) is 0.867. The van der Waals surface area contributed by atoms with E-state index in [0.717, 1.165) is 18.3 Å². The molecule has 1 rings (SSSR count). The summed E-state index contributed by atoms with van der Waals surface area (Å²) in [5.41, 5.74) is 0. The van der Waals surface area contributed by atoms with E-state index >= 15 is 0 Å². The van der Waals surface area contributed by atoms with Gasteiger partial charge < -0.3 is 4.90 Å². The summed E-state index contributed by atoms with van der Waals surface area (Å²) < 4.78 is 0. The van der Waals surface area contributed by atoms with Crippen LogP contribution in [0.25, 0.3) is 0 Å². The second-order valence-corrected chi connectivity index (χ2v) is 5.50. The normalized spacial score (nSPS) is 25.9. The number of rotatable bonds is 7. The van der Waals surface area contributed by atoms with E-state index in [1.807, 2.05) is 6.08 Å². The molecule has 1 aliphatic rings. The van der Waals surface area contributed by atoms with Crippen molar-refractivity contribution in [3.63, 3.8) is 0 Å². The smallest absolute Gasteiger partial charge is 0.00159 e. The topological polar surface area (TPSA) is 3.24 Å². The molecule has 0 aromatic rings. The maximum absolute atomic E-state index is 3.82. The summed E-state index contributed by atoms with van der Waals surface area (Å²) in [4.78, 5) is 2.64. The summed E-state index contributed by atoms with van der Waals surface area (Å²) >= 11 is 0. The average molecular weight is 223 g/mol. The predicted octanol–water partition coefficient (Wildman–Crippen LogP) is 4.10. The van der Waals surface area contributed by atoms with E-state index in [0.29, 0.717) is 0 Å². The molecule has 0 N–H and O–H groups in total. The molecule has 0 spiro atoms. The summed E-state index contributed by atoms with van der Waals surface area (Å²) in [6.45, 7) is 12.3. The molecule has 0 bridgehead atoms. The zero-order valence-electron chi connectivity index (χ0n) is 11.3. The molecule has 1 heteroatoms. The first-order valence-corrected chi connectivity index (χ1v) is 7.09. The van der Waals surface area contributed by atoms with Crippen LogP contribution in [0.15, 0.2) is 12.7 Å². The first-order chi connectivity index (χ1) is 7.76. The van der Waals surface area contributed by atoms with Gasteiger partial charge in [-0.05, 0) is 44.1 Å². The molecule has 16 heavy (non-hydrogen) atoms. The largest absolute Gasteiger partial charge is 0.303 e. The van der Waals surface area contributed by atoms with Gasteiger partial charge in [0.2, 0.25) is 0 Å². The van der Waals surface area contributed by atoms with Crippen LogP contribution in [-0.2, 0) is 0 Å². The number of hydrogen-bond donors (Lipinski definition) is 0. The van der Waals surface area contributed by atoms with Gasteiger partial charge in [0.25, 0.3) is 0 Å². The van der Waals surface area contributed by atoms with Gasteiger partial charge in [-0.1, -0.05) is 32.8 Å². The molecule has 1 nitrogen and oxygen atoms in total. The Labute approximate surface area is 102 Å². The van der Waals surface area contributed by atoms with Gasteiger partial charge in [-0.2, -0.15) is 0 Å². The van der Waals surface area contributed by atoms with Crippen molar-refractivity contribution in [1.82, 2.24) is 4.90 Å². The van der Waals surface area contributed by atoms with Crippen molar-refractivity contribution in [2.75, 3.05) is 19.6 Å². The molecule has 0 atom stereocenters. The van der Waals surface area contributed by atoms with Gasteiger partial charge in [0.1, 0.15) is 0 Å². The van der Waals surface area contributed by atoms with Crippen molar-refractivity contribution in [3.8, 4) is 0 Å². The summed E-state index contributed by atoms with van der Waals surface area (Å²) in [6, 6.07) is 0. The van der Waals surface area contributed by atoms with Crippen molar-refractivity contribution in [2.24, 2.45) is 11.8 Å². The van der Waals surface area contributed by atoms with E-state index in [1.165, 1.54) is 51.7 Å². The van der Waals surface area contributed by atoms with Crippen molar-refractivity contribution >= 4 is 0 Å². The summed E-state index contributed by atoms with van der Waals surface area (Å²) in [5.74, 6) is 1.94. The third kappa shape index (κ3) is 5.16. The maximum Gasteiger partial charge on any atom is 0.00159 e. The molecule has 0 aliphatic heterocycles. The van der Waals surface area contributed by atoms with Crippen molar-refractivity contribution in [1.29, 1.82) is 0 Å².